The second-order valence-electron chi connectivity index (χ2n) is 4.48. The molecular weight excluding hydrogens is 283 g/mol. The highest BCUT2D eigenvalue weighted by atomic mass is 79.9. The second kappa shape index (κ2) is 5.46. The number of hydrogen-bond acceptors (Lipinski definition) is 2. The molecule has 1 aliphatic heterocycles. The van der Waals surface area contributed by atoms with Crippen molar-refractivity contribution in [3.63, 3.8) is 0 Å². The Morgan fingerprint density at radius 3 is 2.71 bits per heavy atom. The minimum Gasteiger partial charge on any atom is -0.314 e. The molecule has 1 heterocycles. The summed E-state index contributed by atoms with van der Waals surface area (Å²) in [7, 11) is 0. The van der Waals surface area contributed by atoms with Gasteiger partial charge in [-0.3, -0.25) is 4.90 Å². The highest BCUT2D eigenvalue weighted by molar-refractivity contribution is 9.10. The summed E-state index contributed by atoms with van der Waals surface area (Å²) in [6, 6.07) is 5.86. The molecule has 1 fully saturated rings. The van der Waals surface area contributed by atoms with Crippen LogP contribution in [0.5, 0.6) is 0 Å². The topological polar surface area (TPSA) is 15.3 Å². The van der Waals surface area contributed by atoms with Crippen LogP contribution in [0.2, 0.25) is 0 Å². The van der Waals surface area contributed by atoms with Crippen LogP contribution in [0.25, 0.3) is 0 Å². The van der Waals surface area contributed by atoms with Crippen molar-refractivity contribution in [2.75, 3.05) is 19.6 Å². The van der Waals surface area contributed by atoms with Crippen LogP contribution < -0.4 is 5.32 Å². The third-order valence-electron chi connectivity index (χ3n) is 3.50. The molecule has 17 heavy (non-hydrogen) atoms. The van der Waals surface area contributed by atoms with Crippen molar-refractivity contribution in [1.82, 2.24) is 10.2 Å². The van der Waals surface area contributed by atoms with Crippen LogP contribution in [-0.4, -0.2) is 30.6 Å². The van der Waals surface area contributed by atoms with Crippen LogP contribution in [0.15, 0.2) is 22.7 Å². The Labute approximate surface area is 110 Å². The van der Waals surface area contributed by atoms with Crippen molar-refractivity contribution in [3.8, 4) is 0 Å². The number of likely N-dealkylation sites (N-methyl/N-ethyl adjacent to an activating group) is 1. The first-order valence-corrected chi connectivity index (χ1v) is 6.84. The van der Waals surface area contributed by atoms with E-state index >= 15 is 0 Å². The first kappa shape index (κ1) is 13.0. The minimum atomic E-state index is -0.193. The molecule has 1 aliphatic rings. The Hall–Kier alpha value is -0.450. The first-order chi connectivity index (χ1) is 8.13. The summed E-state index contributed by atoms with van der Waals surface area (Å²) >= 11 is 3.45. The SMILES string of the molecule is CCN(C1CNC1)C(C)c1ccc(F)cc1Br. The Kier molecular flexibility index (Phi) is 4.17. The standard InChI is InChI=1S/C13H18BrFN2/c1-3-17(11-7-16-8-11)9(2)12-5-4-10(15)6-13(12)14/h4-6,9,11,16H,3,7-8H2,1-2H3. The van der Waals surface area contributed by atoms with Crippen LogP contribution >= 0.6 is 15.9 Å². The van der Waals surface area contributed by atoms with E-state index in [1.807, 2.05) is 6.07 Å². The summed E-state index contributed by atoms with van der Waals surface area (Å²) in [6.45, 7) is 7.47. The van der Waals surface area contributed by atoms with Gasteiger partial charge in [0, 0.05) is 29.6 Å². The van der Waals surface area contributed by atoms with Crippen LogP contribution in [0.4, 0.5) is 4.39 Å². The number of halogens is 2. The molecule has 1 atom stereocenters. The summed E-state index contributed by atoms with van der Waals surface area (Å²) in [5.41, 5.74) is 1.15. The molecule has 1 unspecified atom stereocenters. The van der Waals surface area contributed by atoms with Gasteiger partial charge in [0.1, 0.15) is 5.82 Å². The van der Waals surface area contributed by atoms with Gasteiger partial charge in [0.05, 0.1) is 0 Å². The number of benzene rings is 1. The number of nitrogens with zero attached hydrogens (tertiary/aromatic N) is 1. The molecule has 0 aliphatic carbocycles. The molecule has 0 radical (unpaired) electrons. The Bertz CT molecular complexity index is 393. The average molecular weight is 301 g/mol. The Morgan fingerprint density at radius 1 is 1.53 bits per heavy atom. The van der Waals surface area contributed by atoms with Gasteiger partial charge in [-0.25, -0.2) is 4.39 Å². The predicted molar refractivity (Wildman–Crippen MR) is 71.6 cm³/mol. The molecule has 4 heteroatoms. The van der Waals surface area contributed by atoms with Gasteiger partial charge in [0.25, 0.3) is 0 Å². The van der Waals surface area contributed by atoms with E-state index < -0.39 is 0 Å². The van der Waals surface area contributed by atoms with Gasteiger partial charge < -0.3 is 5.32 Å². The van der Waals surface area contributed by atoms with Gasteiger partial charge in [-0.1, -0.05) is 28.9 Å². The molecule has 0 bridgehead atoms. The van der Waals surface area contributed by atoms with Crippen molar-refractivity contribution in [2.45, 2.75) is 25.9 Å². The number of hydrogen-bond donors (Lipinski definition) is 1. The highest BCUT2D eigenvalue weighted by Gasteiger charge is 2.28. The van der Waals surface area contributed by atoms with Gasteiger partial charge in [-0.05, 0) is 31.2 Å². The van der Waals surface area contributed by atoms with Crippen molar-refractivity contribution in [2.24, 2.45) is 0 Å². The van der Waals surface area contributed by atoms with Crippen LogP contribution in [-0.2, 0) is 0 Å². The van der Waals surface area contributed by atoms with E-state index in [4.69, 9.17) is 0 Å². The molecule has 0 saturated carbocycles. The van der Waals surface area contributed by atoms with Gasteiger partial charge in [-0.15, -0.1) is 0 Å². The largest absolute Gasteiger partial charge is 0.314 e. The molecule has 2 nitrogen and oxygen atoms in total. The third kappa shape index (κ3) is 2.69. The monoisotopic (exact) mass is 300 g/mol. The maximum Gasteiger partial charge on any atom is 0.124 e. The van der Waals surface area contributed by atoms with Crippen molar-refractivity contribution < 1.29 is 4.39 Å². The van der Waals surface area contributed by atoms with E-state index in [0.717, 1.165) is 29.7 Å². The smallest absolute Gasteiger partial charge is 0.124 e. The van der Waals surface area contributed by atoms with Gasteiger partial charge >= 0.3 is 0 Å². The third-order valence-corrected chi connectivity index (χ3v) is 4.19. The molecule has 1 saturated heterocycles. The quantitative estimate of drug-likeness (QED) is 0.920. The van der Waals surface area contributed by atoms with Crippen molar-refractivity contribution >= 4 is 15.9 Å². The molecule has 0 amide bonds. The molecule has 94 valence electrons. The van der Waals surface area contributed by atoms with Gasteiger partial charge in [-0.2, -0.15) is 0 Å². The molecule has 1 N–H and O–H groups in total. The molecule has 2 rings (SSSR count). The Balaban J connectivity index is 2.19. The minimum absolute atomic E-state index is 0.193. The van der Waals surface area contributed by atoms with Crippen LogP contribution in [0.1, 0.15) is 25.5 Å². The summed E-state index contributed by atoms with van der Waals surface area (Å²) in [5.74, 6) is -0.193. The zero-order chi connectivity index (χ0) is 12.4. The van der Waals surface area contributed by atoms with E-state index in [-0.39, 0.29) is 5.82 Å². The summed E-state index contributed by atoms with van der Waals surface area (Å²) < 4.78 is 13.9. The highest BCUT2D eigenvalue weighted by Crippen LogP contribution is 2.30. The maximum atomic E-state index is 13.1. The van der Waals surface area contributed by atoms with Crippen molar-refractivity contribution in [3.05, 3.63) is 34.1 Å². The zero-order valence-electron chi connectivity index (χ0n) is 10.2. The first-order valence-electron chi connectivity index (χ1n) is 6.05. The van der Waals surface area contributed by atoms with E-state index in [9.17, 15) is 4.39 Å². The lowest BCUT2D eigenvalue weighted by molar-refractivity contribution is 0.109. The fraction of sp³-hybridized carbons (Fsp3) is 0.538. The lowest BCUT2D eigenvalue weighted by Crippen LogP contribution is -2.57. The maximum absolute atomic E-state index is 13.1. The lowest BCUT2D eigenvalue weighted by atomic mass is 10.0. The van der Waals surface area contributed by atoms with Gasteiger partial charge in [0.15, 0.2) is 0 Å². The molecular formula is C13H18BrFN2. The fourth-order valence-corrected chi connectivity index (χ4v) is 3.06. The molecule has 0 spiro atoms. The molecule has 1 aromatic rings. The number of nitrogens with one attached hydrogen (secondary N) is 1. The summed E-state index contributed by atoms with van der Waals surface area (Å²) in [5, 5.41) is 3.29. The fourth-order valence-electron chi connectivity index (χ4n) is 2.38. The summed E-state index contributed by atoms with van der Waals surface area (Å²) in [4.78, 5) is 2.45. The van der Waals surface area contributed by atoms with Crippen LogP contribution in [0.3, 0.4) is 0 Å². The number of rotatable bonds is 4. The van der Waals surface area contributed by atoms with E-state index in [1.165, 1.54) is 6.07 Å². The van der Waals surface area contributed by atoms with E-state index in [0.29, 0.717) is 12.1 Å². The Morgan fingerprint density at radius 2 is 2.24 bits per heavy atom. The molecule has 1 aromatic carbocycles. The second-order valence-corrected chi connectivity index (χ2v) is 5.34. The lowest BCUT2D eigenvalue weighted by Gasteiger charge is -2.41. The van der Waals surface area contributed by atoms with E-state index in [1.54, 1.807) is 6.07 Å². The van der Waals surface area contributed by atoms with Crippen LogP contribution in [0, 0.1) is 5.82 Å². The molecule has 0 aromatic heterocycles. The predicted octanol–water partition coefficient (Wildman–Crippen LogP) is 2.94. The summed E-state index contributed by atoms with van der Waals surface area (Å²) in [6.07, 6.45) is 0. The normalized spacial score (nSPS) is 18.2. The van der Waals surface area contributed by atoms with Crippen molar-refractivity contribution in [1.29, 1.82) is 0 Å². The average Bonchev–Trinajstić information content (AvgIpc) is 2.22. The van der Waals surface area contributed by atoms with Gasteiger partial charge in [0.2, 0.25) is 0 Å². The van der Waals surface area contributed by atoms with E-state index in [2.05, 4.69) is 40.0 Å². The zero-order valence-corrected chi connectivity index (χ0v) is 11.8.